The Morgan fingerprint density at radius 3 is 2.72 bits per heavy atom. The smallest absolute Gasteiger partial charge is 0.272 e. The summed E-state index contributed by atoms with van der Waals surface area (Å²) >= 11 is 0. The van der Waals surface area contributed by atoms with Crippen molar-refractivity contribution < 1.29 is 9.90 Å². The number of amides is 1. The molecule has 1 aromatic heterocycles. The van der Waals surface area contributed by atoms with E-state index in [-0.39, 0.29) is 12.5 Å². The van der Waals surface area contributed by atoms with Crippen molar-refractivity contribution in [3.63, 3.8) is 0 Å². The van der Waals surface area contributed by atoms with Gasteiger partial charge in [-0.3, -0.25) is 4.79 Å². The first-order chi connectivity index (χ1) is 8.72. The Kier molecular flexibility index (Phi) is 6.14. The van der Waals surface area contributed by atoms with Gasteiger partial charge < -0.3 is 15.3 Å². The molecule has 0 aromatic carbocycles. The number of nitrogens with one attached hydrogen (secondary N) is 1. The normalized spacial score (nSPS) is 10.2. The van der Waals surface area contributed by atoms with Gasteiger partial charge in [-0.25, -0.2) is 4.98 Å². The molecule has 0 atom stereocenters. The van der Waals surface area contributed by atoms with Crippen LogP contribution in [-0.4, -0.2) is 47.6 Å². The molecule has 1 aromatic rings. The largest absolute Gasteiger partial charge is 0.395 e. The Morgan fingerprint density at radius 1 is 1.44 bits per heavy atom. The number of unbranched alkanes of at least 4 members (excludes halogenated alkanes) is 1. The Bertz CT molecular complexity index is 365. The third-order valence-electron chi connectivity index (χ3n) is 2.71. The monoisotopic (exact) mass is 251 g/mol. The lowest BCUT2D eigenvalue weighted by atomic mass is 10.2. The fourth-order valence-electron chi connectivity index (χ4n) is 1.61. The van der Waals surface area contributed by atoms with Crippen LogP contribution in [0.3, 0.4) is 0 Å². The molecule has 0 saturated heterocycles. The molecule has 0 fully saturated rings. The van der Waals surface area contributed by atoms with Gasteiger partial charge in [-0.05, 0) is 18.6 Å². The van der Waals surface area contributed by atoms with Crippen LogP contribution in [0.1, 0.15) is 30.3 Å². The van der Waals surface area contributed by atoms with Crippen molar-refractivity contribution in [1.82, 2.24) is 9.88 Å². The van der Waals surface area contributed by atoms with Gasteiger partial charge in [0.15, 0.2) is 0 Å². The van der Waals surface area contributed by atoms with E-state index in [1.54, 1.807) is 24.2 Å². The summed E-state index contributed by atoms with van der Waals surface area (Å²) in [5.41, 5.74) is 1.28. The lowest BCUT2D eigenvalue weighted by molar-refractivity contribution is 0.0713. The summed E-state index contributed by atoms with van der Waals surface area (Å²) in [4.78, 5) is 17.9. The van der Waals surface area contributed by atoms with Crippen LogP contribution in [0.5, 0.6) is 0 Å². The SMILES string of the molecule is CCCCN(CCO)C(=O)c1ccc(NC)cn1. The van der Waals surface area contributed by atoms with Crippen molar-refractivity contribution in [1.29, 1.82) is 0 Å². The average molecular weight is 251 g/mol. The molecule has 0 bridgehead atoms. The van der Waals surface area contributed by atoms with E-state index in [9.17, 15) is 4.79 Å². The average Bonchev–Trinajstić information content (AvgIpc) is 2.43. The molecule has 0 spiro atoms. The minimum Gasteiger partial charge on any atom is -0.395 e. The second-order valence-corrected chi connectivity index (χ2v) is 4.05. The number of carbonyl (C=O) groups is 1. The van der Waals surface area contributed by atoms with Gasteiger partial charge in [0.25, 0.3) is 5.91 Å². The zero-order valence-corrected chi connectivity index (χ0v) is 11.0. The first kappa shape index (κ1) is 14.4. The molecule has 2 N–H and O–H groups in total. The van der Waals surface area contributed by atoms with Crippen LogP contribution in [0.25, 0.3) is 0 Å². The molecule has 5 heteroatoms. The molecule has 0 aliphatic carbocycles. The van der Waals surface area contributed by atoms with Gasteiger partial charge in [0.05, 0.1) is 18.5 Å². The van der Waals surface area contributed by atoms with Crippen LogP contribution >= 0.6 is 0 Å². The molecule has 0 radical (unpaired) electrons. The molecular weight excluding hydrogens is 230 g/mol. The molecule has 1 amide bonds. The van der Waals surface area contributed by atoms with Crippen LogP contribution in [-0.2, 0) is 0 Å². The van der Waals surface area contributed by atoms with E-state index in [2.05, 4.69) is 17.2 Å². The van der Waals surface area contributed by atoms with Crippen LogP contribution in [0.2, 0.25) is 0 Å². The van der Waals surface area contributed by atoms with E-state index in [1.165, 1.54) is 0 Å². The molecule has 0 aliphatic heterocycles. The van der Waals surface area contributed by atoms with Crippen LogP contribution in [0.15, 0.2) is 18.3 Å². The van der Waals surface area contributed by atoms with Gasteiger partial charge in [-0.2, -0.15) is 0 Å². The number of aromatic nitrogens is 1. The number of aliphatic hydroxyl groups excluding tert-OH is 1. The second kappa shape index (κ2) is 7.66. The maximum atomic E-state index is 12.2. The molecule has 18 heavy (non-hydrogen) atoms. The van der Waals surface area contributed by atoms with Gasteiger partial charge in [0, 0.05) is 20.1 Å². The summed E-state index contributed by atoms with van der Waals surface area (Å²) in [6.07, 6.45) is 3.58. The third-order valence-corrected chi connectivity index (χ3v) is 2.71. The molecular formula is C13H21N3O2. The Labute approximate surface area is 108 Å². The topological polar surface area (TPSA) is 65.5 Å². The molecule has 1 heterocycles. The van der Waals surface area contributed by atoms with Crippen molar-refractivity contribution in [3.8, 4) is 0 Å². The van der Waals surface area contributed by atoms with E-state index in [4.69, 9.17) is 5.11 Å². The maximum absolute atomic E-state index is 12.2. The maximum Gasteiger partial charge on any atom is 0.272 e. The van der Waals surface area contributed by atoms with Gasteiger partial charge in [-0.1, -0.05) is 13.3 Å². The highest BCUT2D eigenvalue weighted by molar-refractivity contribution is 5.92. The van der Waals surface area contributed by atoms with Crippen LogP contribution < -0.4 is 5.32 Å². The number of hydrogen-bond acceptors (Lipinski definition) is 4. The molecule has 0 saturated carbocycles. The number of aliphatic hydroxyl groups is 1. The molecule has 100 valence electrons. The van der Waals surface area contributed by atoms with Crippen LogP contribution in [0.4, 0.5) is 5.69 Å². The standard InChI is InChI=1S/C13H21N3O2/c1-3-4-7-16(8-9-17)13(18)12-6-5-11(14-2)10-15-12/h5-6,10,14,17H,3-4,7-9H2,1-2H3. The van der Waals surface area contributed by atoms with Gasteiger partial charge >= 0.3 is 0 Å². The second-order valence-electron chi connectivity index (χ2n) is 4.05. The number of hydrogen-bond donors (Lipinski definition) is 2. The first-order valence-electron chi connectivity index (χ1n) is 6.26. The lowest BCUT2D eigenvalue weighted by Crippen LogP contribution is -2.34. The first-order valence-corrected chi connectivity index (χ1v) is 6.26. The highest BCUT2D eigenvalue weighted by atomic mass is 16.3. The van der Waals surface area contributed by atoms with E-state index in [0.29, 0.717) is 18.8 Å². The zero-order valence-electron chi connectivity index (χ0n) is 11.0. The van der Waals surface area contributed by atoms with Crippen molar-refractivity contribution in [3.05, 3.63) is 24.0 Å². The van der Waals surface area contributed by atoms with E-state index in [1.807, 2.05) is 6.07 Å². The van der Waals surface area contributed by atoms with Gasteiger partial charge in [0.2, 0.25) is 0 Å². The summed E-state index contributed by atoms with van der Waals surface area (Å²) in [7, 11) is 1.80. The number of rotatable bonds is 7. The summed E-state index contributed by atoms with van der Waals surface area (Å²) in [6, 6.07) is 3.52. The Morgan fingerprint density at radius 2 is 2.22 bits per heavy atom. The highest BCUT2D eigenvalue weighted by Gasteiger charge is 2.15. The summed E-state index contributed by atoms with van der Waals surface area (Å²) in [5, 5.41) is 11.9. The summed E-state index contributed by atoms with van der Waals surface area (Å²) < 4.78 is 0. The van der Waals surface area contributed by atoms with Gasteiger partial charge in [-0.15, -0.1) is 0 Å². The molecule has 1 rings (SSSR count). The Balaban J connectivity index is 2.73. The van der Waals surface area contributed by atoms with E-state index < -0.39 is 0 Å². The highest BCUT2D eigenvalue weighted by Crippen LogP contribution is 2.08. The predicted octanol–water partition coefficient (Wildman–Crippen LogP) is 1.36. The fourth-order valence-corrected chi connectivity index (χ4v) is 1.61. The number of nitrogens with zero attached hydrogens (tertiary/aromatic N) is 2. The van der Waals surface area contributed by atoms with Crippen molar-refractivity contribution in [2.75, 3.05) is 32.1 Å². The molecule has 5 nitrogen and oxygen atoms in total. The van der Waals surface area contributed by atoms with Crippen molar-refractivity contribution >= 4 is 11.6 Å². The minimum absolute atomic E-state index is 0.0238. The van der Waals surface area contributed by atoms with Gasteiger partial charge in [0.1, 0.15) is 5.69 Å². The van der Waals surface area contributed by atoms with Crippen molar-refractivity contribution in [2.24, 2.45) is 0 Å². The quantitative estimate of drug-likeness (QED) is 0.768. The molecule has 0 aliphatic rings. The zero-order chi connectivity index (χ0) is 13.4. The summed E-state index contributed by atoms with van der Waals surface area (Å²) in [6.45, 7) is 3.06. The minimum atomic E-state index is -0.125. The van der Waals surface area contributed by atoms with Crippen LogP contribution in [0, 0.1) is 0 Å². The van der Waals surface area contributed by atoms with Crippen molar-refractivity contribution in [2.45, 2.75) is 19.8 Å². The molecule has 0 unspecified atom stereocenters. The summed E-state index contributed by atoms with van der Waals surface area (Å²) in [5.74, 6) is -0.125. The number of carbonyl (C=O) groups excluding carboxylic acids is 1. The number of anilines is 1. The lowest BCUT2D eigenvalue weighted by Gasteiger charge is -2.21. The Hall–Kier alpha value is -1.62. The predicted molar refractivity (Wildman–Crippen MR) is 71.7 cm³/mol. The fraction of sp³-hybridized carbons (Fsp3) is 0.538. The van der Waals surface area contributed by atoms with E-state index in [0.717, 1.165) is 18.5 Å². The number of pyridine rings is 1. The van der Waals surface area contributed by atoms with E-state index >= 15 is 0 Å². The third kappa shape index (κ3) is 4.00.